The fourth-order valence-corrected chi connectivity index (χ4v) is 1.25. The van der Waals surface area contributed by atoms with Crippen LogP contribution in [0.2, 0.25) is 0 Å². The Morgan fingerprint density at radius 2 is 2.24 bits per heavy atom. The summed E-state index contributed by atoms with van der Waals surface area (Å²) in [4.78, 5) is 22.4. The lowest BCUT2D eigenvalue weighted by Gasteiger charge is -2.22. The van der Waals surface area contributed by atoms with Crippen molar-refractivity contribution in [2.45, 2.75) is 19.4 Å². The molecular weight excluding hydrogens is 224 g/mol. The van der Waals surface area contributed by atoms with Crippen molar-refractivity contribution in [3.05, 3.63) is 22.6 Å². The SMILES string of the molecule is CC(C)(Nc1ccc2n[nH]c(=O)n2n1)C(N)=O. The van der Waals surface area contributed by atoms with E-state index >= 15 is 0 Å². The lowest BCUT2D eigenvalue weighted by atomic mass is 10.1. The average molecular weight is 236 g/mol. The van der Waals surface area contributed by atoms with Crippen LogP contribution in [0.25, 0.3) is 5.65 Å². The van der Waals surface area contributed by atoms with Crippen LogP contribution in [0.4, 0.5) is 5.82 Å². The van der Waals surface area contributed by atoms with Crippen molar-refractivity contribution in [1.82, 2.24) is 19.8 Å². The van der Waals surface area contributed by atoms with Crippen LogP contribution in [0.5, 0.6) is 0 Å². The molecule has 0 unspecified atom stereocenters. The van der Waals surface area contributed by atoms with Crippen LogP contribution in [-0.4, -0.2) is 31.3 Å². The van der Waals surface area contributed by atoms with Gasteiger partial charge in [0.2, 0.25) is 5.91 Å². The molecule has 0 radical (unpaired) electrons. The average Bonchev–Trinajstić information content (AvgIpc) is 2.60. The van der Waals surface area contributed by atoms with E-state index in [2.05, 4.69) is 20.6 Å². The Hall–Kier alpha value is -2.38. The number of rotatable bonds is 3. The Balaban J connectivity index is 2.40. The third-order valence-electron chi connectivity index (χ3n) is 2.33. The van der Waals surface area contributed by atoms with E-state index in [9.17, 15) is 9.59 Å². The summed E-state index contributed by atoms with van der Waals surface area (Å²) in [5.74, 6) is -0.149. The molecule has 0 bridgehead atoms. The van der Waals surface area contributed by atoms with Gasteiger partial charge in [0.15, 0.2) is 5.65 Å². The topological polar surface area (TPSA) is 118 Å². The summed E-state index contributed by atoms with van der Waals surface area (Å²) in [6.45, 7) is 3.25. The van der Waals surface area contributed by atoms with E-state index in [-0.39, 0.29) is 0 Å². The van der Waals surface area contributed by atoms with Gasteiger partial charge < -0.3 is 11.1 Å². The van der Waals surface area contributed by atoms with Crippen molar-refractivity contribution in [2.24, 2.45) is 5.73 Å². The van der Waals surface area contributed by atoms with Crippen LogP contribution in [0.3, 0.4) is 0 Å². The Morgan fingerprint density at radius 3 is 2.88 bits per heavy atom. The predicted molar refractivity (Wildman–Crippen MR) is 60.5 cm³/mol. The van der Waals surface area contributed by atoms with Crippen molar-refractivity contribution in [3.8, 4) is 0 Å². The van der Waals surface area contributed by atoms with Crippen LogP contribution >= 0.6 is 0 Å². The van der Waals surface area contributed by atoms with Gasteiger partial charge in [0, 0.05) is 0 Å². The molecule has 0 saturated carbocycles. The molecule has 2 heterocycles. The molecule has 0 spiro atoms. The van der Waals surface area contributed by atoms with Gasteiger partial charge in [-0.3, -0.25) is 4.79 Å². The lowest BCUT2D eigenvalue weighted by Crippen LogP contribution is -2.45. The number of nitrogens with zero attached hydrogens (tertiary/aromatic N) is 3. The number of H-pyrrole nitrogens is 1. The molecule has 0 fully saturated rings. The highest BCUT2D eigenvalue weighted by Crippen LogP contribution is 2.11. The van der Waals surface area contributed by atoms with Crippen molar-refractivity contribution in [3.63, 3.8) is 0 Å². The first-order chi connectivity index (χ1) is 7.90. The highest BCUT2D eigenvalue weighted by Gasteiger charge is 2.25. The molecule has 0 aromatic carbocycles. The number of aromatic nitrogens is 4. The minimum Gasteiger partial charge on any atom is -0.368 e. The first-order valence-electron chi connectivity index (χ1n) is 4.93. The molecular formula is C9H12N6O2. The number of primary amides is 1. The van der Waals surface area contributed by atoms with Gasteiger partial charge in [-0.25, -0.2) is 9.89 Å². The molecule has 2 rings (SSSR count). The zero-order chi connectivity index (χ0) is 12.6. The van der Waals surface area contributed by atoms with Gasteiger partial charge in [-0.2, -0.15) is 9.61 Å². The van der Waals surface area contributed by atoms with E-state index in [0.29, 0.717) is 11.5 Å². The summed E-state index contributed by atoms with van der Waals surface area (Å²) in [6, 6.07) is 3.21. The monoisotopic (exact) mass is 236 g/mol. The Labute approximate surface area is 95.8 Å². The summed E-state index contributed by atoms with van der Waals surface area (Å²) in [5, 5.41) is 12.8. The fourth-order valence-electron chi connectivity index (χ4n) is 1.25. The number of carbonyl (C=O) groups is 1. The van der Waals surface area contributed by atoms with Gasteiger partial charge in [0.25, 0.3) is 0 Å². The predicted octanol–water partition coefficient (Wildman–Crippen LogP) is -0.907. The number of amides is 1. The number of nitrogens with one attached hydrogen (secondary N) is 2. The van der Waals surface area contributed by atoms with Gasteiger partial charge in [-0.15, -0.1) is 5.10 Å². The maximum Gasteiger partial charge on any atom is 0.364 e. The molecule has 0 aliphatic heterocycles. The van der Waals surface area contributed by atoms with Gasteiger partial charge in [-0.05, 0) is 26.0 Å². The third kappa shape index (κ3) is 1.96. The van der Waals surface area contributed by atoms with E-state index in [4.69, 9.17) is 5.73 Å². The molecule has 0 saturated heterocycles. The molecule has 2 aromatic heterocycles. The minimum atomic E-state index is -0.950. The maximum absolute atomic E-state index is 11.3. The van der Waals surface area contributed by atoms with E-state index in [1.165, 1.54) is 0 Å². The molecule has 17 heavy (non-hydrogen) atoms. The summed E-state index contributed by atoms with van der Waals surface area (Å²) >= 11 is 0. The number of hydrogen-bond donors (Lipinski definition) is 3. The van der Waals surface area contributed by atoms with E-state index < -0.39 is 17.1 Å². The molecule has 1 amide bonds. The number of aromatic amines is 1. The van der Waals surface area contributed by atoms with E-state index in [0.717, 1.165) is 4.52 Å². The molecule has 90 valence electrons. The van der Waals surface area contributed by atoms with Crippen LogP contribution in [0, 0.1) is 0 Å². The Kier molecular flexibility index (Phi) is 2.34. The number of hydrogen-bond acceptors (Lipinski definition) is 5. The third-order valence-corrected chi connectivity index (χ3v) is 2.33. The maximum atomic E-state index is 11.3. The van der Waals surface area contributed by atoms with Crippen molar-refractivity contribution in [1.29, 1.82) is 0 Å². The molecule has 0 aliphatic carbocycles. The van der Waals surface area contributed by atoms with Gasteiger partial charge in [0.1, 0.15) is 11.4 Å². The van der Waals surface area contributed by atoms with Crippen LogP contribution in [0.15, 0.2) is 16.9 Å². The summed E-state index contributed by atoms with van der Waals surface area (Å²) in [6.07, 6.45) is 0. The van der Waals surface area contributed by atoms with Crippen molar-refractivity contribution >= 4 is 17.4 Å². The largest absolute Gasteiger partial charge is 0.368 e. The Bertz CT molecular complexity index is 626. The van der Waals surface area contributed by atoms with Crippen molar-refractivity contribution in [2.75, 3.05) is 5.32 Å². The molecule has 2 aromatic rings. The number of carbonyl (C=O) groups excluding carboxylic acids is 1. The summed E-state index contributed by atoms with van der Waals surface area (Å²) in [7, 11) is 0. The van der Waals surface area contributed by atoms with Crippen molar-refractivity contribution < 1.29 is 4.79 Å². The standard InChI is InChI=1S/C9H12N6O2/c1-9(2,7(10)16)11-5-3-4-6-12-13-8(17)15(6)14-5/h3-4H,1-2H3,(H2,10,16)(H,11,14)(H,13,17). The second-order valence-electron chi connectivity index (χ2n) is 4.13. The summed E-state index contributed by atoms with van der Waals surface area (Å²) in [5.41, 5.74) is 4.23. The first kappa shape index (κ1) is 11.1. The molecule has 0 atom stereocenters. The number of anilines is 1. The highest BCUT2D eigenvalue weighted by molar-refractivity contribution is 5.86. The second-order valence-corrected chi connectivity index (χ2v) is 4.13. The normalized spacial score (nSPS) is 11.6. The zero-order valence-electron chi connectivity index (χ0n) is 9.39. The van der Waals surface area contributed by atoms with Crippen LogP contribution < -0.4 is 16.7 Å². The number of nitrogens with two attached hydrogens (primary N) is 1. The van der Waals surface area contributed by atoms with Gasteiger partial charge in [-0.1, -0.05) is 0 Å². The van der Waals surface area contributed by atoms with Gasteiger partial charge in [0.05, 0.1) is 0 Å². The molecule has 8 nitrogen and oxygen atoms in total. The second kappa shape index (κ2) is 3.58. The summed E-state index contributed by atoms with van der Waals surface area (Å²) < 4.78 is 1.10. The Morgan fingerprint density at radius 1 is 1.53 bits per heavy atom. The van der Waals surface area contributed by atoms with E-state index in [1.54, 1.807) is 26.0 Å². The quantitative estimate of drug-likeness (QED) is 0.637. The highest BCUT2D eigenvalue weighted by atomic mass is 16.2. The smallest absolute Gasteiger partial charge is 0.364 e. The molecule has 4 N–H and O–H groups in total. The number of fused-ring (bicyclic) bond motifs is 1. The fraction of sp³-hybridized carbons (Fsp3) is 0.333. The molecule has 0 aliphatic rings. The van der Waals surface area contributed by atoms with Crippen LogP contribution in [-0.2, 0) is 4.79 Å². The zero-order valence-corrected chi connectivity index (χ0v) is 9.39. The van der Waals surface area contributed by atoms with E-state index in [1.807, 2.05) is 0 Å². The molecule has 8 heteroatoms. The minimum absolute atomic E-state index is 0.366. The lowest BCUT2D eigenvalue weighted by molar-refractivity contribution is -0.121. The van der Waals surface area contributed by atoms with Gasteiger partial charge >= 0.3 is 5.69 Å². The first-order valence-corrected chi connectivity index (χ1v) is 4.93. The van der Waals surface area contributed by atoms with Crippen LogP contribution in [0.1, 0.15) is 13.8 Å².